The fraction of sp³-hybridized carbons (Fsp3) is 0.846. The van der Waals surface area contributed by atoms with E-state index in [4.69, 9.17) is 10.9 Å². The van der Waals surface area contributed by atoms with Crippen molar-refractivity contribution in [2.24, 2.45) is 16.3 Å². The first-order valence-electron chi connectivity index (χ1n) is 6.93. The molecule has 1 saturated carbocycles. The number of rotatable bonds is 3. The van der Waals surface area contributed by atoms with Crippen molar-refractivity contribution in [3.05, 3.63) is 0 Å². The van der Waals surface area contributed by atoms with Gasteiger partial charge in [-0.05, 0) is 32.1 Å². The van der Waals surface area contributed by atoms with Gasteiger partial charge in [-0.3, -0.25) is 4.79 Å². The molecule has 0 spiro atoms. The maximum absolute atomic E-state index is 12.8. The first-order valence-corrected chi connectivity index (χ1v) is 6.93. The van der Waals surface area contributed by atoms with Gasteiger partial charge in [0.25, 0.3) is 0 Å². The summed E-state index contributed by atoms with van der Waals surface area (Å²) in [4.78, 5) is 14.6. The largest absolute Gasteiger partial charge is 0.409 e. The number of amidine groups is 1. The van der Waals surface area contributed by atoms with E-state index in [9.17, 15) is 4.79 Å². The first-order chi connectivity index (χ1) is 8.64. The average molecular weight is 253 g/mol. The second-order valence-electron chi connectivity index (χ2n) is 5.52. The highest BCUT2D eigenvalue weighted by Crippen LogP contribution is 2.43. The summed E-state index contributed by atoms with van der Waals surface area (Å²) in [7, 11) is 0. The highest BCUT2D eigenvalue weighted by Gasteiger charge is 2.45. The minimum atomic E-state index is -0.202. The van der Waals surface area contributed by atoms with Crippen molar-refractivity contribution >= 4 is 11.7 Å². The Morgan fingerprint density at radius 3 is 2.67 bits per heavy atom. The van der Waals surface area contributed by atoms with E-state index in [1.54, 1.807) is 0 Å². The molecular weight excluding hydrogens is 230 g/mol. The van der Waals surface area contributed by atoms with E-state index in [1.807, 2.05) is 4.90 Å². The Morgan fingerprint density at radius 2 is 2.11 bits per heavy atom. The van der Waals surface area contributed by atoms with Crippen LogP contribution in [0.5, 0.6) is 0 Å². The molecule has 3 N–H and O–H groups in total. The van der Waals surface area contributed by atoms with Crippen LogP contribution in [-0.2, 0) is 4.79 Å². The van der Waals surface area contributed by atoms with Crippen molar-refractivity contribution in [2.45, 2.75) is 57.9 Å². The molecule has 1 saturated heterocycles. The van der Waals surface area contributed by atoms with Crippen molar-refractivity contribution in [2.75, 3.05) is 6.54 Å². The molecule has 2 rings (SSSR count). The zero-order chi connectivity index (χ0) is 13.2. The van der Waals surface area contributed by atoms with Crippen LogP contribution >= 0.6 is 0 Å². The Labute approximate surface area is 108 Å². The molecule has 102 valence electrons. The van der Waals surface area contributed by atoms with Gasteiger partial charge in [-0.15, -0.1) is 0 Å². The average Bonchev–Trinajstić information content (AvgIpc) is 3.06. The molecule has 2 aliphatic rings. The molecule has 0 aromatic carbocycles. The second-order valence-corrected chi connectivity index (χ2v) is 5.52. The van der Waals surface area contributed by atoms with Gasteiger partial charge >= 0.3 is 0 Å². The molecular formula is C13H23N3O2. The molecule has 1 amide bonds. The third-order valence-corrected chi connectivity index (χ3v) is 4.66. The molecule has 1 atom stereocenters. The van der Waals surface area contributed by atoms with Crippen molar-refractivity contribution < 1.29 is 10.0 Å². The van der Waals surface area contributed by atoms with Crippen LogP contribution in [0.4, 0.5) is 0 Å². The van der Waals surface area contributed by atoms with Crippen LogP contribution in [0.1, 0.15) is 51.9 Å². The molecule has 0 aromatic rings. The SMILES string of the molecule is CCC1(C(=O)N2CCCC2C(N)=NO)CCCC1. The Bertz CT molecular complexity index is 348. The monoisotopic (exact) mass is 253 g/mol. The van der Waals surface area contributed by atoms with Crippen LogP contribution in [-0.4, -0.2) is 34.4 Å². The van der Waals surface area contributed by atoms with E-state index in [-0.39, 0.29) is 23.2 Å². The summed E-state index contributed by atoms with van der Waals surface area (Å²) >= 11 is 0. The summed E-state index contributed by atoms with van der Waals surface area (Å²) in [6.07, 6.45) is 6.89. The van der Waals surface area contributed by atoms with Crippen LogP contribution in [0, 0.1) is 5.41 Å². The number of hydrogen-bond acceptors (Lipinski definition) is 3. The number of hydrogen-bond donors (Lipinski definition) is 2. The number of amides is 1. The normalized spacial score (nSPS) is 27.7. The molecule has 0 aromatic heterocycles. The molecule has 1 unspecified atom stereocenters. The number of nitrogens with two attached hydrogens (primary N) is 1. The van der Waals surface area contributed by atoms with Crippen molar-refractivity contribution in [1.29, 1.82) is 0 Å². The predicted molar refractivity (Wildman–Crippen MR) is 69.3 cm³/mol. The van der Waals surface area contributed by atoms with Crippen LogP contribution in [0.2, 0.25) is 0 Å². The van der Waals surface area contributed by atoms with Gasteiger partial charge < -0.3 is 15.8 Å². The van der Waals surface area contributed by atoms with Gasteiger partial charge in [0.15, 0.2) is 5.84 Å². The van der Waals surface area contributed by atoms with Crippen molar-refractivity contribution in [1.82, 2.24) is 4.90 Å². The number of carbonyl (C=O) groups excluding carboxylic acids is 1. The Kier molecular flexibility index (Phi) is 3.78. The zero-order valence-corrected chi connectivity index (χ0v) is 11.1. The minimum absolute atomic E-state index is 0.171. The fourth-order valence-electron chi connectivity index (χ4n) is 3.46. The van der Waals surface area contributed by atoms with E-state index in [0.29, 0.717) is 0 Å². The summed E-state index contributed by atoms with van der Waals surface area (Å²) in [5.74, 6) is 0.390. The molecule has 18 heavy (non-hydrogen) atoms. The van der Waals surface area contributed by atoms with Crippen molar-refractivity contribution in [3.8, 4) is 0 Å². The molecule has 0 radical (unpaired) electrons. The summed E-state index contributed by atoms with van der Waals surface area (Å²) < 4.78 is 0. The quantitative estimate of drug-likeness (QED) is 0.348. The van der Waals surface area contributed by atoms with Crippen LogP contribution < -0.4 is 5.73 Å². The smallest absolute Gasteiger partial charge is 0.229 e. The second kappa shape index (κ2) is 5.16. The van der Waals surface area contributed by atoms with E-state index >= 15 is 0 Å². The molecule has 5 nitrogen and oxygen atoms in total. The third-order valence-electron chi connectivity index (χ3n) is 4.66. The van der Waals surface area contributed by atoms with Gasteiger partial charge in [-0.1, -0.05) is 24.9 Å². The Morgan fingerprint density at radius 1 is 1.44 bits per heavy atom. The fourth-order valence-corrected chi connectivity index (χ4v) is 3.46. The molecule has 1 heterocycles. The van der Waals surface area contributed by atoms with E-state index < -0.39 is 0 Å². The summed E-state index contributed by atoms with van der Waals surface area (Å²) in [5.41, 5.74) is 5.51. The summed E-state index contributed by atoms with van der Waals surface area (Å²) in [5, 5.41) is 11.9. The third kappa shape index (κ3) is 2.06. The maximum Gasteiger partial charge on any atom is 0.229 e. The van der Waals surface area contributed by atoms with E-state index in [0.717, 1.165) is 51.5 Å². The lowest BCUT2D eigenvalue weighted by atomic mass is 9.81. The highest BCUT2D eigenvalue weighted by molar-refractivity contribution is 5.92. The molecule has 1 aliphatic carbocycles. The van der Waals surface area contributed by atoms with Crippen LogP contribution in [0.15, 0.2) is 5.16 Å². The summed E-state index contributed by atoms with van der Waals surface area (Å²) in [6.45, 7) is 2.83. The molecule has 2 fully saturated rings. The number of carbonyl (C=O) groups is 1. The lowest BCUT2D eigenvalue weighted by Crippen LogP contribution is -2.49. The van der Waals surface area contributed by atoms with Gasteiger partial charge in [0.2, 0.25) is 5.91 Å². The van der Waals surface area contributed by atoms with Crippen molar-refractivity contribution in [3.63, 3.8) is 0 Å². The molecule has 0 bridgehead atoms. The van der Waals surface area contributed by atoms with Gasteiger partial charge in [0.1, 0.15) is 0 Å². The van der Waals surface area contributed by atoms with E-state index in [2.05, 4.69) is 12.1 Å². The van der Waals surface area contributed by atoms with Crippen LogP contribution in [0.3, 0.4) is 0 Å². The first kappa shape index (κ1) is 13.2. The maximum atomic E-state index is 12.8. The highest BCUT2D eigenvalue weighted by atomic mass is 16.4. The lowest BCUT2D eigenvalue weighted by molar-refractivity contribution is -0.142. The Hall–Kier alpha value is -1.26. The summed E-state index contributed by atoms with van der Waals surface area (Å²) in [6, 6.07) is -0.202. The van der Waals surface area contributed by atoms with Gasteiger partial charge in [-0.25, -0.2) is 0 Å². The van der Waals surface area contributed by atoms with Crippen LogP contribution in [0.25, 0.3) is 0 Å². The molecule has 5 heteroatoms. The number of nitrogens with zero attached hydrogens (tertiary/aromatic N) is 2. The van der Waals surface area contributed by atoms with Gasteiger partial charge in [0, 0.05) is 12.0 Å². The number of oxime groups is 1. The van der Waals surface area contributed by atoms with E-state index in [1.165, 1.54) is 0 Å². The minimum Gasteiger partial charge on any atom is -0.409 e. The van der Waals surface area contributed by atoms with Gasteiger partial charge in [-0.2, -0.15) is 0 Å². The topological polar surface area (TPSA) is 78.9 Å². The van der Waals surface area contributed by atoms with Gasteiger partial charge in [0.05, 0.1) is 6.04 Å². The standard InChI is InChI=1S/C13H23N3O2/c1-2-13(7-3-4-8-13)12(17)16-9-5-6-10(16)11(14)15-18/h10,18H,2-9H2,1H3,(H2,14,15). The predicted octanol–water partition coefficient (Wildman–Crippen LogP) is 1.69. The lowest BCUT2D eigenvalue weighted by Gasteiger charge is -2.34. The zero-order valence-electron chi connectivity index (χ0n) is 11.1. The number of likely N-dealkylation sites (tertiary alicyclic amines) is 1. The molecule has 1 aliphatic heterocycles. The Balaban J connectivity index is 2.17.